The van der Waals surface area contributed by atoms with Gasteiger partial charge in [-0.25, -0.2) is 9.18 Å². The predicted molar refractivity (Wildman–Crippen MR) is 85.2 cm³/mol. The van der Waals surface area contributed by atoms with Crippen LogP contribution in [0, 0.1) is 12.7 Å². The minimum absolute atomic E-state index is 0.0342. The fraction of sp³-hybridized carbons (Fsp3) is 0.333. The number of rotatable bonds is 5. The topological polar surface area (TPSA) is 78.9 Å². The third-order valence-corrected chi connectivity index (χ3v) is 4.09. The molecule has 1 amide bonds. The van der Waals surface area contributed by atoms with Crippen LogP contribution in [0.4, 0.5) is 10.1 Å². The monoisotopic (exact) mass is 386 g/mol. The number of aliphatic hydroxyl groups excluding tert-OH is 1. The number of ether oxygens (including phenoxy) is 1. The van der Waals surface area contributed by atoms with Gasteiger partial charge in [0.15, 0.2) is 0 Å². The summed E-state index contributed by atoms with van der Waals surface area (Å²) in [6.45, 7) is 1.65. The average Bonchev–Trinajstić information content (AvgIpc) is 2.81. The zero-order valence-corrected chi connectivity index (χ0v) is 14.2. The van der Waals surface area contributed by atoms with Gasteiger partial charge in [0, 0.05) is 12.2 Å². The number of β-amino-alcohol motifs (C(OH)–C–C–N with tert-alkyl or cyclic N) is 1. The highest BCUT2D eigenvalue weighted by Gasteiger charge is 2.34. The highest BCUT2D eigenvalue weighted by Crippen LogP contribution is 2.28. The molecule has 2 rings (SSSR count). The summed E-state index contributed by atoms with van der Waals surface area (Å²) in [5.74, 6) is -1.57. The molecule has 1 aliphatic rings. The van der Waals surface area contributed by atoms with Crippen LogP contribution in [0.5, 0.6) is 0 Å². The molecule has 6 nitrogen and oxygen atoms in total. The van der Waals surface area contributed by atoms with Crippen LogP contribution in [0.3, 0.4) is 0 Å². The summed E-state index contributed by atoms with van der Waals surface area (Å²) < 4.78 is 18.7. The minimum atomic E-state index is -0.642. The van der Waals surface area contributed by atoms with Crippen LogP contribution in [0.2, 0.25) is 0 Å². The number of aryl methyl sites for hydroxylation is 1. The maximum atomic E-state index is 13.7. The van der Waals surface area contributed by atoms with Gasteiger partial charge in [0.2, 0.25) is 0 Å². The SMILES string of the molecule is COC(=O)C1=C(Nc2cc(F)c(Br)cc2C)C(=O)N(CCO)C1. The number of halogens is 2. The fourth-order valence-corrected chi connectivity index (χ4v) is 2.72. The number of nitrogens with zero attached hydrogens (tertiary/aromatic N) is 1. The van der Waals surface area contributed by atoms with Gasteiger partial charge in [-0.2, -0.15) is 0 Å². The van der Waals surface area contributed by atoms with E-state index in [9.17, 15) is 14.0 Å². The van der Waals surface area contributed by atoms with Crippen molar-refractivity contribution in [3.8, 4) is 0 Å². The Labute approximate surface area is 141 Å². The number of nitrogens with one attached hydrogen (secondary N) is 1. The summed E-state index contributed by atoms with van der Waals surface area (Å²) in [5, 5.41) is 11.8. The number of anilines is 1. The lowest BCUT2D eigenvalue weighted by molar-refractivity contribution is -0.136. The third kappa shape index (κ3) is 3.53. The van der Waals surface area contributed by atoms with Crippen molar-refractivity contribution in [3.63, 3.8) is 0 Å². The van der Waals surface area contributed by atoms with E-state index in [2.05, 4.69) is 21.2 Å². The van der Waals surface area contributed by atoms with Crippen LogP contribution in [0.15, 0.2) is 27.9 Å². The van der Waals surface area contributed by atoms with E-state index in [-0.39, 0.29) is 31.0 Å². The Hall–Kier alpha value is -1.93. The normalized spacial score (nSPS) is 14.5. The second-order valence-corrected chi connectivity index (χ2v) is 5.86. The lowest BCUT2D eigenvalue weighted by Gasteiger charge is -2.15. The Morgan fingerprint density at radius 2 is 2.22 bits per heavy atom. The molecule has 0 aromatic heterocycles. The Morgan fingerprint density at radius 1 is 1.52 bits per heavy atom. The smallest absolute Gasteiger partial charge is 0.337 e. The molecule has 0 fully saturated rings. The molecule has 23 heavy (non-hydrogen) atoms. The molecule has 0 aliphatic carbocycles. The van der Waals surface area contributed by atoms with E-state index in [1.54, 1.807) is 13.0 Å². The van der Waals surface area contributed by atoms with E-state index in [0.717, 1.165) is 0 Å². The summed E-state index contributed by atoms with van der Waals surface area (Å²) in [6.07, 6.45) is 0. The average molecular weight is 387 g/mol. The maximum Gasteiger partial charge on any atom is 0.337 e. The van der Waals surface area contributed by atoms with Gasteiger partial charge in [-0.15, -0.1) is 0 Å². The number of benzene rings is 1. The number of hydrogen-bond donors (Lipinski definition) is 2. The molecule has 0 spiro atoms. The highest BCUT2D eigenvalue weighted by atomic mass is 79.9. The molecule has 0 saturated heterocycles. The molecule has 2 N–H and O–H groups in total. The summed E-state index contributed by atoms with van der Waals surface area (Å²) in [4.78, 5) is 25.6. The van der Waals surface area contributed by atoms with Crippen LogP contribution >= 0.6 is 15.9 Å². The molecule has 1 heterocycles. The number of carbonyl (C=O) groups is 2. The second kappa shape index (κ2) is 7.10. The van der Waals surface area contributed by atoms with E-state index < -0.39 is 17.7 Å². The first kappa shape index (κ1) is 17.4. The molecule has 1 aromatic rings. The van der Waals surface area contributed by atoms with Crippen molar-refractivity contribution in [3.05, 3.63) is 39.3 Å². The van der Waals surface area contributed by atoms with E-state index in [0.29, 0.717) is 15.7 Å². The van der Waals surface area contributed by atoms with Crippen molar-refractivity contribution in [2.24, 2.45) is 0 Å². The Balaban J connectivity index is 2.39. The molecule has 8 heteroatoms. The Kier molecular flexibility index (Phi) is 5.38. The standard InChI is InChI=1S/C15H16BrFN2O4/c1-8-5-10(16)11(17)6-12(8)18-13-9(15(22)23-2)7-19(3-4-20)14(13)21/h5-6,18,20H,3-4,7H2,1-2H3. The first-order chi connectivity index (χ1) is 10.9. The van der Waals surface area contributed by atoms with E-state index >= 15 is 0 Å². The summed E-state index contributed by atoms with van der Waals surface area (Å²) in [5.41, 5.74) is 1.26. The number of methoxy groups -OCH3 is 1. The van der Waals surface area contributed by atoms with Crippen LogP contribution in [0.1, 0.15) is 5.56 Å². The molecule has 0 atom stereocenters. The third-order valence-electron chi connectivity index (χ3n) is 3.48. The van der Waals surface area contributed by atoms with Crippen LogP contribution in [0.25, 0.3) is 0 Å². The molecular formula is C15H16BrFN2O4. The van der Waals surface area contributed by atoms with Crippen molar-refractivity contribution in [1.29, 1.82) is 0 Å². The van der Waals surface area contributed by atoms with Gasteiger partial charge < -0.3 is 20.1 Å². The van der Waals surface area contributed by atoms with Crippen molar-refractivity contribution in [1.82, 2.24) is 4.90 Å². The van der Waals surface area contributed by atoms with Crippen LogP contribution < -0.4 is 5.32 Å². The highest BCUT2D eigenvalue weighted by molar-refractivity contribution is 9.10. The van der Waals surface area contributed by atoms with Crippen LogP contribution in [-0.4, -0.2) is 48.7 Å². The maximum absolute atomic E-state index is 13.7. The van der Waals surface area contributed by atoms with Gasteiger partial charge in [0.1, 0.15) is 11.5 Å². The van der Waals surface area contributed by atoms with E-state index in [1.165, 1.54) is 18.1 Å². The molecule has 1 aliphatic heterocycles. The zero-order valence-electron chi connectivity index (χ0n) is 12.7. The largest absolute Gasteiger partial charge is 0.466 e. The molecule has 0 unspecified atom stereocenters. The first-order valence-corrected chi connectivity index (χ1v) is 7.62. The lowest BCUT2D eigenvalue weighted by Crippen LogP contribution is -2.31. The molecule has 124 valence electrons. The van der Waals surface area contributed by atoms with Gasteiger partial charge in [0.05, 0.1) is 30.3 Å². The van der Waals surface area contributed by atoms with Gasteiger partial charge >= 0.3 is 5.97 Å². The number of hydrogen-bond acceptors (Lipinski definition) is 5. The number of amides is 1. The summed E-state index contributed by atoms with van der Waals surface area (Å²) in [7, 11) is 1.22. The zero-order chi connectivity index (χ0) is 17.1. The number of esters is 1. The van der Waals surface area contributed by atoms with Gasteiger partial charge in [-0.3, -0.25) is 4.79 Å². The van der Waals surface area contributed by atoms with Crippen LogP contribution in [-0.2, 0) is 14.3 Å². The van der Waals surface area contributed by atoms with E-state index in [1.807, 2.05) is 0 Å². The summed E-state index contributed by atoms with van der Waals surface area (Å²) >= 11 is 3.09. The van der Waals surface area contributed by atoms with Crippen molar-refractivity contribution in [2.45, 2.75) is 6.92 Å². The molecule has 0 bridgehead atoms. The van der Waals surface area contributed by atoms with Gasteiger partial charge in [-0.05, 0) is 40.5 Å². The van der Waals surface area contributed by atoms with Crippen molar-refractivity contribution in [2.75, 3.05) is 32.1 Å². The molecule has 0 radical (unpaired) electrons. The van der Waals surface area contributed by atoms with Gasteiger partial charge in [0.25, 0.3) is 5.91 Å². The lowest BCUT2D eigenvalue weighted by atomic mass is 10.1. The fourth-order valence-electron chi connectivity index (χ4n) is 2.26. The Bertz CT molecular complexity index is 690. The molecular weight excluding hydrogens is 371 g/mol. The number of aliphatic hydroxyl groups is 1. The quantitative estimate of drug-likeness (QED) is 0.750. The predicted octanol–water partition coefficient (Wildman–Crippen LogP) is 1.57. The second-order valence-electron chi connectivity index (χ2n) is 5.00. The molecule has 0 saturated carbocycles. The Morgan fingerprint density at radius 3 is 2.83 bits per heavy atom. The number of carbonyl (C=O) groups excluding carboxylic acids is 2. The first-order valence-electron chi connectivity index (χ1n) is 6.83. The van der Waals surface area contributed by atoms with Crippen molar-refractivity contribution < 1.29 is 23.8 Å². The minimum Gasteiger partial charge on any atom is -0.466 e. The van der Waals surface area contributed by atoms with E-state index in [4.69, 9.17) is 9.84 Å². The van der Waals surface area contributed by atoms with Gasteiger partial charge in [-0.1, -0.05) is 0 Å². The van der Waals surface area contributed by atoms with Crippen molar-refractivity contribution >= 4 is 33.5 Å². The molecule has 1 aromatic carbocycles. The summed E-state index contributed by atoms with van der Waals surface area (Å²) in [6, 6.07) is 2.81.